The molecule has 2 N–H and O–H groups in total. The standard InChI is InChI=1S/C13H16N2OS/c1-9-4-3-5-10(6-9)13-15-11(8-16-2)12(7-14)17-13/h3-6H,7-8,14H2,1-2H3. The Labute approximate surface area is 105 Å². The number of aryl methyl sites for hydroxylation is 1. The quantitative estimate of drug-likeness (QED) is 0.905. The van der Waals surface area contributed by atoms with Crippen molar-refractivity contribution in [2.75, 3.05) is 7.11 Å². The minimum absolute atomic E-state index is 0.516. The van der Waals surface area contributed by atoms with E-state index in [2.05, 4.69) is 30.1 Å². The van der Waals surface area contributed by atoms with Gasteiger partial charge in [0.1, 0.15) is 5.01 Å². The smallest absolute Gasteiger partial charge is 0.124 e. The van der Waals surface area contributed by atoms with E-state index in [-0.39, 0.29) is 0 Å². The van der Waals surface area contributed by atoms with Gasteiger partial charge in [-0.25, -0.2) is 4.98 Å². The van der Waals surface area contributed by atoms with Crippen molar-refractivity contribution in [2.45, 2.75) is 20.1 Å². The molecule has 0 saturated carbocycles. The van der Waals surface area contributed by atoms with Crippen molar-refractivity contribution in [1.29, 1.82) is 0 Å². The Morgan fingerprint density at radius 2 is 2.24 bits per heavy atom. The maximum Gasteiger partial charge on any atom is 0.124 e. The SMILES string of the molecule is COCc1nc(-c2cccc(C)c2)sc1CN. The van der Waals surface area contributed by atoms with Crippen LogP contribution in [0, 0.1) is 6.92 Å². The van der Waals surface area contributed by atoms with Crippen molar-refractivity contribution < 1.29 is 4.74 Å². The van der Waals surface area contributed by atoms with Crippen LogP contribution in [-0.2, 0) is 17.9 Å². The van der Waals surface area contributed by atoms with Gasteiger partial charge in [-0.1, -0.05) is 23.8 Å². The zero-order valence-electron chi connectivity index (χ0n) is 10.1. The molecule has 17 heavy (non-hydrogen) atoms. The third-order valence-corrected chi connectivity index (χ3v) is 3.68. The number of ether oxygens (including phenoxy) is 1. The van der Waals surface area contributed by atoms with E-state index in [0.29, 0.717) is 13.2 Å². The van der Waals surface area contributed by atoms with E-state index in [1.54, 1.807) is 18.4 Å². The summed E-state index contributed by atoms with van der Waals surface area (Å²) in [6.07, 6.45) is 0. The van der Waals surface area contributed by atoms with Crippen LogP contribution in [0.15, 0.2) is 24.3 Å². The predicted octanol–water partition coefficient (Wildman–Crippen LogP) is 2.72. The molecule has 0 aliphatic heterocycles. The van der Waals surface area contributed by atoms with E-state index in [1.807, 2.05) is 6.07 Å². The average Bonchev–Trinajstić information content (AvgIpc) is 2.73. The highest BCUT2D eigenvalue weighted by Crippen LogP contribution is 2.28. The highest BCUT2D eigenvalue weighted by Gasteiger charge is 2.11. The Morgan fingerprint density at radius 1 is 1.41 bits per heavy atom. The molecule has 0 bridgehead atoms. The van der Waals surface area contributed by atoms with Crippen LogP contribution in [0.3, 0.4) is 0 Å². The van der Waals surface area contributed by atoms with E-state index in [1.165, 1.54) is 5.56 Å². The van der Waals surface area contributed by atoms with Gasteiger partial charge in [-0.15, -0.1) is 11.3 Å². The first-order valence-corrected chi connectivity index (χ1v) is 6.31. The third-order valence-electron chi connectivity index (χ3n) is 2.51. The number of rotatable bonds is 4. The third kappa shape index (κ3) is 2.72. The molecule has 0 aliphatic rings. The molecule has 3 nitrogen and oxygen atoms in total. The van der Waals surface area contributed by atoms with Crippen molar-refractivity contribution in [3.05, 3.63) is 40.4 Å². The Bertz CT molecular complexity index is 508. The Morgan fingerprint density at radius 3 is 2.88 bits per heavy atom. The van der Waals surface area contributed by atoms with E-state index >= 15 is 0 Å². The molecule has 0 spiro atoms. The summed E-state index contributed by atoms with van der Waals surface area (Å²) in [7, 11) is 1.67. The van der Waals surface area contributed by atoms with Gasteiger partial charge in [0.05, 0.1) is 12.3 Å². The van der Waals surface area contributed by atoms with Gasteiger partial charge >= 0.3 is 0 Å². The summed E-state index contributed by atoms with van der Waals surface area (Å²) in [5, 5.41) is 1.02. The first-order chi connectivity index (χ1) is 8.24. The van der Waals surface area contributed by atoms with Crippen molar-refractivity contribution in [1.82, 2.24) is 4.98 Å². The molecule has 2 rings (SSSR count). The molecule has 0 unspecified atom stereocenters. The fourth-order valence-corrected chi connectivity index (χ4v) is 2.63. The van der Waals surface area contributed by atoms with E-state index < -0.39 is 0 Å². The highest BCUT2D eigenvalue weighted by atomic mass is 32.1. The Balaban J connectivity index is 2.39. The first-order valence-electron chi connectivity index (χ1n) is 5.49. The summed E-state index contributed by atoms with van der Waals surface area (Å²) in [6, 6.07) is 8.33. The summed E-state index contributed by atoms with van der Waals surface area (Å²) >= 11 is 1.65. The number of aromatic nitrogens is 1. The van der Waals surface area contributed by atoms with Crippen LogP contribution < -0.4 is 5.73 Å². The minimum atomic E-state index is 0.516. The number of hydrogen-bond acceptors (Lipinski definition) is 4. The van der Waals surface area contributed by atoms with Crippen LogP contribution in [0.1, 0.15) is 16.1 Å². The molecule has 1 heterocycles. The lowest BCUT2D eigenvalue weighted by Crippen LogP contribution is -1.99. The summed E-state index contributed by atoms with van der Waals surface area (Å²) in [6.45, 7) is 3.12. The molecule has 0 aliphatic carbocycles. The molecule has 0 atom stereocenters. The van der Waals surface area contributed by atoms with Crippen LogP contribution in [0.2, 0.25) is 0 Å². The molecule has 4 heteroatoms. The Hall–Kier alpha value is -1.23. The zero-order chi connectivity index (χ0) is 12.3. The first kappa shape index (κ1) is 12.2. The van der Waals surface area contributed by atoms with Crippen LogP contribution in [0.5, 0.6) is 0 Å². The molecule has 0 radical (unpaired) electrons. The highest BCUT2D eigenvalue weighted by molar-refractivity contribution is 7.15. The fraction of sp³-hybridized carbons (Fsp3) is 0.308. The van der Waals surface area contributed by atoms with Crippen LogP contribution in [0.25, 0.3) is 10.6 Å². The van der Waals surface area contributed by atoms with Crippen molar-refractivity contribution in [3.63, 3.8) is 0 Å². The van der Waals surface area contributed by atoms with Crippen LogP contribution >= 0.6 is 11.3 Å². The number of thiazole rings is 1. The lowest BCUT2D eigenvalue weighted by Gasteiger charge is -1.97. The summed E-state index contributed by atoms with van der Waals surface area (Å²) in [5.41, 5.74) is 9.05. The maximum absolute atomic E-state index is 5.72. The second-order valence-corrected chi connectivity index (χ2v) is 4.98. The number of nitrogens with zero attached hydrogens (tertiary/aromatic N) is 1. The monoisotopic (exact) mass is 248 g/mol. The largest absolute Gasteiger partial charge is 0.378 e. The molecule has 2 aromatic rings. The topological polar surface area (TPSA) is 48.1 Å². The van der Waals surface area contributed by atoms with Crippen molar-refractivity contribution in [2.24, 2.45) is 5.73 Å². The van der Waals surface area contributed by atoms with Gasteiger partial charge in [0, 0.05) is 24.1 Å². The normalized spacial score (nSPS) is 10.8. The number of benzene rings is 1. The molecular weight excluding hydrogens is 232 g/mol. The van der Waals surface area contributed by atoms with Crippen molar-refractivity contribution in [3.8, 4) is 10.6 Å². The lowest BCUT2D eigenvalue weighted by atomic mass is 10.1. The summed E-state index contributed by atoms with van der Waals surface area (Å²) < 4.78 is 5.13. The van der Waals surface area contributed by atoms with Gasteiger partial charge in [0.25, 0.3) is 0 Å². The van der Waals surface area contributed by atoms with E-state index in [9.17, 15) is 0 Å². The second kappa shape index (κ2) is 5.40. The van der Waals surface area contributed by atoms with Gasteiger partial charge in [0.15, 0.2) is 0 Å². The molecular formula is C13H16N2OS. The molecule has 0 amide bonds. The van der Waals surface area contributed by atoms with Gasteiger partial charge in [0.2, 0.25) is 0 Å². The zero-order valence-corrected chi connectivity index (χ0v) is 10.9. The van der Waals surface area contributed by atoms with Gasteiger partial charge < -0.3 is 10.5 Å². The lowest BCUT2D eigenvalue weighted by molar-refractivity contribution is 0.181. The average molecular weight is 248 g/mol. The minimum Gasteiger partial charge on any atom is -0.378 e. The van der Waals surface area contributed by atoms with E-state index in [4.69, 9.17) is 10.5 Å². The molecule has 1 aromatic carbocycles. The van der Waals surface area contributed by atoms with Crippen molar-refractivity contribution >= 4 is 11.3 Å². The molecule has 1 aromatic heterocycles. The number of hydrogen-bond donors (Lipinski definition) is 1. The summed E-state index contributed by atoms with van der Waals surface area (Å²) in [4.78, 5) is 5.70. The number of nitrogens with two attached hydrogens (primary N) is 1. The maximum atomic E-state index is 5.72. The van der Waals surface area contributed by atoms with E-state index in [0.717, 1.165) is 21.1 Å². The van der Waals surface area contributed by atoms with Gasteiger partial charge in [-0.3, -0.25) is 0 Å². The van der Waals surface area contributed by atoms with Gasteiger partial charge in [-0.2, -0.15) is 0 Å². The van der Waals surface area contributed by atoms with Crippen LogP contribution in [-0.4, -0.2) is 12.1 Å². The van der Waals surface area contributed by atoms with Crippen LogP contribution in [0.4, 0.5) is 0 Å². The predicted molar refractivity (Wildman–Crippen MR) is 70.9 cm³/mol. The fourth-order valence-electron chi connectivity index (χ4n) is 1.69. The summed E-state index contributed by atoms with van der Waals surface area (Å²) in [5.74, 6) is 0. The molecule has 0 saturated heterocycles. The van der Waals surface area contributed by atoms with Gasteiger partial charge in [-0.05, 0) is 13.0 Å². The number of methoxy groups -OCH3 is 1. The molecule has 0 fully saturated rings. The Kier molecular flexibility index (Phi) is 3.89. The second-order valence-electron chi connectivity index (χ2n) is 3.90. The molecule has 90 valence electrons.